The summed E-state index contributed by atoms with van der Waals surface area (Å²) in [6, 6.07) is 0. The van der Waals surface area contributed by atoms with Crippen molar-refractivity contribution >= 4 is 5.97 Å². The molecule has 4 aliphatic rings. The van der Waals surface area contributed by atoms with Crippen molar-refractivity contribution in [2.24, 2.45) is 51.8 Å². The van der Waals surface area contributed by atoms with Crippen LogP contribution in [0.2, 0.25) is 0 Å². The van der Waals surface area contributed by atoms with Crippen molar-refractivity contribution in [2.45, 2.75) is 118 Å². The number of carbonyl (C=O) groups is 1. The van der Waals surface area contributed by atoms with Crippen molar-refractivity contribution in [1.29, 1.82) is 0 Å². The number of ether oxygens (including phenoxy) is 1. The topological polar surface area (TPSA) is 88.0 Å². The summed E-state index contributed by atoms with van der Waals surface area (Å²) < 4.78 is 5.22. The van der Waals surface area contributed by atoms with Crippen LogP contribution in [0.3, 0.4) is 0 Å². The van der Waals surface area contributed by atoms with Gasteiger partial charge in [-0.1, -0.05) is 65.5 Å². The maximum absolute atomic E-state index is 12.1. The van der Waals surface area contributed by atoms with Gasteiger partial charge in [-0.25, -0.2) is 0 Å². The van der Waals surface area contributed by atoms with Crippen LogP contribution in [0, 0.1) is 51.8 Å². The van der Waals surface area contributed by atoms with Gasteiger partial charge in [-0.05, 0) is 105 Å². The number of carbonyl (C=O) groups excluding carboxylic acids is 1. The van der Waals surface area contributed by atoms with Crippen molar-refractivity contribution < 1.29 is 24.6 Å². The zero-order valence-electron chi connectivity index (χ0n) is 26.3. The Kier molecular flexibility index (Phi) is 10.5. The zero-order chi connectivity index (χ0) is 29.1. The highest BCUT2D eigenvalue weighted by atomic mass is 16.7. The number of aliphatic hydroxyl groups is 2. The van der Waals surface area contributed by atoms with Crippen LogP contribution in [0.5, 0.6) is 0 Å². The van der Waals surface area contributed by atoms with E-state index in [1.165, 1.54) is 64.7 Å². The number of hydroxylamine groups is 1. The maximum atomic E-state index is 12.1. The minimum Gasteiger partial charge on any atom is -0.464 e. The molecule has 0 aliphatic heterocycles. The van der Waals surface area contributed by atoms with Gasteiger partial charge < -0.3 is 14.9 Å². The first kappa shape index (κ1) is 32.0. The number of rotatable bonds is 13. The Morgan fingerprint density at radius 2 is 1.82 bits per heavy atom. The van der Waals surface area contributed by atoms with Gasteiger partial charge in [-0.15, -0.1) is 0 Å². The molecule has 0 aromatic carbocycles. The number of hydrogen-bond donors (Lipinski definition) is 3. The van der Waals surface area contributed by atoms with Crippen LogP contribution in [0.15, 0.2) is 11.6 Å². The number of aliphatic hydroxyl groups excluding tert-OH is 2. The Balaban J connectivity index is 1.29. The van der Waals surface area contributed by atoms with Crippen LogP contribution in [-0.4, -0.2) is 48.7 Å². The molecule has 3 N–H and O–H groups in total. The summed E-state index contributed by atoms with van der Waals surface area (Å²) in [5.41, 5.74) is 4.19. The van der Waals surface area contributed by atoms with Crippen LogP contribution in [0.1, 0.15) is 112 Å². The number of fused-ring (bicyclic) bond motifs is 5. The van der Waals surface area contributed by atoms with E-state index < -0.39 is 24.6 Å². The molecule has 0 aromatic heterocycles. The van der Waals surface area contributed by atoms with Crippen LogP contribution >= 0.6 is 0 Å². The first-order chi connectivity index (χ1) is 19.0. The normalized spacial score (nSPS) is 36.4. The molecule has 4 aliphatic carbocycles. The van der Waals surface area contributed by atoms with Gasteiger partial charge in [0.15, 0.2) is 0 Å². The Hall–Kier alpha value is -0.950. The summed E-state index contributed by atoms with van der Waals surface area (Å²) >= 11 is 0. The number of esters is 1. The van der Waals surface area contributed by atoms with E-state index in [0.29, 0.717) is 17.4 Å². The molecule has 230 valence electrons. The predicted molar refractivity (Wildman–Crippen MR) is 159 cm³/mol. The SMILES string of the molecule is CC(C)CCC[C@@H](C)[C@H]1CC[C@H]2[C@@H]3CC=C4CC(ONCCOC(=O)C(C)(CO)CO)CC[C@]4(C)[C@H]3CC[C@]12C. The average Bonchev–Trinajstić information content (AvgIpc) is 3.29. The van der Waals surface area contributed by atoms with Crippen LogP contribution in [0.4, 0.5) is 0 Å². The number of nitrogens with one attached hydrogen (secondary N) is 1. The molecule has 40 heavy (non-hydrogen) atoms. The fourth-order valence-corrected chi connectivity index (χ4v) is 9.47. The molecule has 4 rings (SSSR count). The standard InChI is InChI=1S/C34H59NO5/c1-23(2)8-7-9-24(3)28-12-13-29-27-11-10-25-20-26(14-16-33(25,5)30(27)15-17-34(28,29)6)40-35-18-19-39-31(38)32(4,21-36)22-37/h10,23-24,26-30,35-37H,7-9,11-22H2,1-6H3/t24-,26?,27+,28-,29+,30+,33+,34-/m1/s1. The third-order valence-corrected chi connectivity index (χ3v) is 12.1. The minimum atomic E-state index is -1.26. The Labute approximate surface area is 244 Å². The zero-order valence-corrected chi connectivity index (χ0v) is 26.3. The van der Waals surface area contributed by atoms with Gasteiger partial charge in [0.05, 0.1) is 25.9 Å². The van der Waals surface area contributed by atoms with Gasteiger partial charge >= 0.3 is 5.97 Å². The summed E-state index contributed by atoms with van der Waals surface area (Å²) in [6.45, 7) is 13.6. The summed E-state index contributed by atoms with van der Waals surface area (Å²) in [7, 11) is 0. The second kappa shape index (κ2) is 13.1. The second-order valence-electron chi connectivity index (χ2n) is 15.2. The van der Waals surface area contributed by atoms with Crippen LogP contribution in [-0.2, 0) is 14.4 Å². The largest absolute Gasteiger partial charge is 0.464 e. The lowest BCUT2D eigenvalue weighted by molar-refractivity contribution is -0.161. The fourth-order valence-electron chi connectivity index (χ4n) is 9.47. The molecule has 0 bridgehead atoms. The van der Waals surface area contributed by atoms with Crippen LogP contribution < -0.4 is 5.48 Å². The van der Waals surface area contributed by atoms with Crippen LogP contribution in [0.25, 0.3) is 0 Å². The molecular formula is C34H59NO5. The molecule has 0 radical (unpaired) electrons. The molecule has 0 amide bonds. The number of allylic oxidation sites excluding steroid dienone is 1. The molecule has 3 saturated carbocycles. The van der Waals surface area contributed by atoms with E-state index in [9.17, 15) is 15.0 Å². The van der Waals surface area contributed by atoms with E-state index in [1.54, 1.807) is 5.57 Å². The van der Waals surface area contributed by atoms with E-state index >= 15 is 0 Å². The molecular weight excluding hydrogens is 502 g/mol. The predicted octanol–water partition coefficient (Wildman–Crippen LogP) is 6.45. The molecule has 0 saturated heterocycles. The van der Waals surface area contributed by atoms with Gasteiger partial charge in [0.25, 0.3) is 0 Å². The average molecular weight is 562 g/mol. The molecule has 8 atom stereocenters. The van der Waals surface area contributed by atoms with Crippen molar-refractivity contribution in [1.82, 2.24) is 5.48 Å². The molecule has 6 nitrogen and oxygen atoms in total. The molecule has 6 heteroatoms. The highest BCUT2D eigenvalue weighted by molar-refractivity contribution is 5.76. The highest BCUT2D eigenvalue weighted by Gasteiger charge is 2.59. The molecule has 0 spiro atoms. The lowest BCUT2D eigenvalue weighted by Gasteiger charge is -2.58. The van der Waals surface area contributed by atoms with Gasteiger partial charge in [-0.2, -0.15) is 5.48 Å². The maximum Gasteiger partial charge on any atom is 0.316 e. The van der Waals surface area contributed by atoms with Crippen molar-refractivity contribution in [2.75, 3.05) is 26.4 Å². The Morgan fingerprint density at radius 3 is 2.52 bits per heavy atom. The summed E-state index contributed by atoms with van der Waals surface area (Å²) in [5, 5.41) is 18.7. The summed E-state index contributed by atoms with van der Waals surface area (Å²) in [6.07, 6.45) is 17.1. The van der Waals surface area contributed by atoms with Gasteiger partial charge in [-0.3, -0.25) is 9.63 Å². The minimum absolute atomic E-state index is 0.142. The third-order valence-electron chi connectivity index (χ3n) is 12.1. The van der Waals surface area contributed by atoms with E-state index in [1.807, 2.05) is 0 Å². The highest BCUT2D eigenvalue weighted by Crippen LogP contribution is 2.67. The lowest BCUT2D eigenvalue weighted by Crippen LogP contribution is -2.51. The smallest absolute Gasteiger partial charge is 0.316 e. The van der Waals surface area contributed by atoms with Gasteiger partial charge in [0, 0.05) is 0 Å². The summed E-state index contributed by atoms with van der Waals surface area (Å²) in [5.74, 6) is 4.52. The fraction of sp³-hybridized carbons (Fsp3) is 0.912. The summed E-state index contributed by atoms with van der Waals surface area (Å²) in [4.78, 5) is 18.1. The van der Waals surface area contributed by atoms with Crippen molar-refractivity contribution in [3.8, 4) is 0 Å². The molecule has 0 heterocycles. The van der Waals surface area contributed by atoms with Crippen molar-refractivity contribution in [3.63, 3.8) is 0 Å². The first-order valence-electron chi connectivity index (χ1n) is 16.5. The van der Waals surface area contributed by atoms with Gasteiger partial charge in [0.2, 0.25) is 0 Å². The molecule has 3 fully saturated rings. The molecule has 0 aromatic rings. The van der Waals surface area contributed by atoms with E-state index in [2.05, 4.69) is 46.2 Å². The van der Waals surface area contributed by atoms with Crippen molar-refractivity contribution in [3.05, 3.63) is 11.6 Å². The number of hydrogen-bond acceptors (Lipinski definition) is 6. The second-order valence-corrected chi connectivity index (χ2v) is 15.2. The van der Waals surface area contributed by atoms with E-state index in [4.69, 9.17) is 9.57 Å². The monoisotopic (exact) mass is 561 g/mol. The lowest BCUT2D eigenvalue weighted by atomic mass is 9.47. The van der Waals surface area contributed by atoms with E-state index in [-0.39, 0.29) is 12.7 Å². The molecule has 1 unspecified atom stereocenters. The van der Waals surface area contributed by atoms with E-state index in [0.717, 1.165) is 48.3 Å². The Morgan fingerprint density at radius 1 is 1.07 bits per heavy atom. The third kappa shape index (κ3) is 6.35. The first-order valence-corrected chi connectivity index (χ1v) is 16.5. The Bertz CT molecular complexity index is 884. The quantitative estimate of drug-likeness (QED) is 0.104. The van der Waals surface area contributed by atoms with Gasteiger partial charge in [0.1, 0.15) is 12.0 Å².